The molecule has 0 radical (unpaired) electrons. The molecule has 30 heavy (non-hydrogen) atoms. The molecule has 152 valence electrons. The number of hydrogen-bond donors (Lipinski definition) is 4. The second-order valence-electron chi connectivity index (χ2n) is 6.61. The molecule has 0 aliphatic carbocycles. The van der Waals surface area contributed by atoms with Gasteiger partial charge in [0.2, 0.25) is 17.8 Å². The maximum Gasteiger partial charge on any atom is 0.258 e. The lowest BCUT2D eigenvalue weighted by molar-refractivity contribution is -0.123. The van der Waals surface area contributed by atoms with Crippen molar-refractivity contribution in [3.05, 3.63) is 74.5 Å². The lowest BCUT2D eigenvalue weighted by Crippen LogP contribution is -2.36. The molecule has 0 spiro atoms. The molecule has 8 nitrogen and oxygen atoms in total. The second-order valence-corrected chi connectivity index (χ2v) is 7.49. The van der Waals surface area contributed by atoms with Crippen LogP contribution in [0, 0.1) is 0 Å². The second kappa shape index (κ2) is 8.17. The van der Waals surface area contributed by atoms with Crippen molar-refractivity contribution in [1.82, 2.24) is 9.97 Å². The molecule has 1 atom stereocenters. The van der Waals surface area contributed by atoms with Gasteiger partial charge >= 0.3 is 0 Å². The van der Waals surface area contributed by atoms with Crippen molar-refractivity contribution in [2.45, 2.75) is 12.3 Å². The largest absolute Gasteiger partial charge is 0.326 e. The Balaban J connectivity index is 1.63. The van der Waals surface area contributed by atoms with Crippen molar-refractivity contribution in [3.63, 3.8) is 0 Å². The zero-order valence-corrected chi connectivity index (χ0v) is 16.8. The maximum atomic E-state index is 12.8. The van der Waals surface area contributed by atoms with Crippen LogP contribution in [0.4, 0.5) is 23.1 Å². The summed E-state index contributed by atoms with van der Waals surface area (Å²) in [4.78, 5) is 44.6. The minimum absolute atomic E-state index is 0.0395. The van der Waals surface area contributed by atoms with Crippen molar-refractivity contribution >= 4 is 58.2 Å². The summed E-state index contributed by atoms with van der Waals surface area (Å²) in [5.74, 6) is -1.74. The Kier molecular flexibility index (Phi) is 5.43. The molecule has 2 aromatic carbocycles. The number of carbonyl (C=O) groups excluding carboxylic acids is 2. The van der Waals surface area contributed by atoms with Crippen LogP contribution in [-0.4, -0.2) is 21.8 Å². The highest BCUT2D eigenvalue weighted by atomic mass is 35.5. The van der Waals surface area contributed by atoms with E-state index in [4.69, 9.17) is 23.2 Å². The Bertz CT molecular complexity index is 1190. The molecule has 0 unspecified atom stereocenters. The number of hydrogen-bond acceptors (Lipinski definition) is 5. The molecule has 0 fully saturated rings. The summed E-state index contributed by atoms with van der Waals surface area (Å²) in [5.41, 5.74) is 0.670. The molecule has 10 heteroatoms. The third kappa shape index (κ3) is 4.29. The molecular weight excluding hydrogens is 429 g/mol. The first-order valence-electron chi connectivity index (χ1n) is 8.92. The first-order chi connectivity index (χ1) is 14.4. The van der Waals surface area contributed by atoms with Crippen molar-refractivity contribution in [1.29, 1.82) is 0 Å². The van der Waals surface area contributed by atoms with Crippen molar-refractivity contribution in [2.75, 3.05) is 16.0 Å². The van der Waals surface area contributed by atoms with Crippen molar-refractivity contribution in [3.8, 4) is 0 Å². The van der Waals surface area contributed by atoms with E-state index in [0.717, 1.165) is 0 Å². The Morgan fingerprint density at radius 3 is 2.53 bits per heavy atom. The van der Waals surface area contributed by atoms with Crippen molar-refractivity contribution < 1.29 is 9.59 Å². The molecule has 1 aliphatic heterocycles. The summed E-state index contributed by atoms with van der Waals surface area (Å²) in [6, 6.07) is 13.4. The van der Waals surface area contributed by atoms with E-state index in [9.17, 15) is 14.4 Å². The number of H-pyrrole nitrogens is 1. The van der Waals surface area contributed by atoms with E-state index in [-0.39, 0.29) is 23.8 Å². The predicted octanol–water partition coefficient (Wildman–Crippen LogP) is 3.88. The van der Waals surface area contributed by atoms with Gasteiger partial charge < -0.3 is 16.0 Å². The van der Waals surface area contributed by atoms with Gasteiger partial charge in [0.1, 0.15) is 5.82 Å². The molecule has 3 aromatic rings. The molecule has 2 heterocycles. The molecule has 4 rings (SSSR count). The molecule has 0 saturated heterocycles. The highest BCUT2D eigenvalue weighted by Gasteiger charge is 2.34. The van der Waals surface area contributed by atoms with Gasteiger partial charge in [0.05, 0.1) is 11.5 Å². The van der Waals surface area contributed by atoms with E-state index in [2.05, 4.69) is 25.9 Å². The first-order valence-corrected chi connectivity index (χ1v) is 9.68. The van der Waals surface area contributed by atoms with E-state index >= 15 is 0 Å². The van der Waals surface area contributed by atoms with Crippen molar-refractivity contribution in [2.24, 2.45) is 0 Å². The fourth-order valence-electron chi connectivity index (χ4n) is 3.12. The first kappa shape index (κ1) is 19.9. The smallest absolute Gasteiger partial charge is 0.258 e. The van der Waals surface area contributed by atoms with E-state index in [1.54, 1.807) is 48.5 Å². The number of aromatic nitrogens is 2. The minimum atomic E-state index is -0.992. The lowest BCUT2D eigenvalue weighted by atomic mass is 9.92. The quantitative estimate of drug-likeness (QED) is 0.488. The fraction of sp³-hybridized carbons (Fsp3) is 0.100. The molecular formula is C20H15Cl2N5O3. The molecule has 0 bridgehead atoms. The number of anilines is 4. The normalized spacial score (nSPS) is 15.1. The molecule has 4 N–H and O–H groups in total. The van der Waals surface area contributed by atoms with Crippen LogP contribution in [0.3, 0.4) is 0 Å². The summed E-state index contributed by atoms with van der Waals surface area (Å²) in [6.45, 7) is 0. The van der Waals surface area contributed by atoms with Crippen LogP contribution in [0.2, 0.25) is 10.0 Å². The van der Waals surface area contributed by atoms with Gasteiger partial charge in [-0.1, -0.05) is 29.3 Å². The summed E-state index contributed by atoms with van der Waals surface area (Å²) in [5, 5.41) is 9.20. The average molecular weight is 444 g/mol. The highest BCUT2D eigenvalue weighted by molar-refractivity contribution is 6.31. The minimum Gasteiger partial charge on any atom is -0.326 e. The number of carbonyl (C=O) groups is 2. The topological polar surface area (TPSA) is 116 Å². The average Bonchev–Trinajstić information content (AvgIpc) is 2.69. The van der Waals surface area contributed by atoms with Gasteiger partial charge in [-0.25, -0.2) is 0 Å². The lowest BCUT2D eigenvalue weighted by Gasteiger charge is -2.23. The van der Waals surface area contributed by atoms with Gasteiger partial charge in [-0.05, 0) is 42.5 Å². The summed E-state index contributed by atoms with van der Waals surface area (Å²) >= 11 is 11.8. The van der Waals surface area contributed by atoms with Crippen LogP contribution in [0.5, 0.6) is 0 Å². The Labute approximate surface area is 180 Å². The molecule has 0 saturated carbocycles. The Morgan fingerprint density at radius 1 is 1.03 bits per heavy atom. The van der Waals surface area contributed by atoms with Gasteiger partial charge in [-0.3, -0.25) is 19.4 Å². The van der Waals surface area contributed by atoms with Crippen LogP contribution in [0.1, 0.15) is 17.9 Å². The molecule has 2 amide bonds. The van der Waals surface area contributed by atoms with Gasteiger partial charge in [0.25, 0.3) is 5.56 Å². The zero-order chi connectivity index (χ0) is 21.3. The number of halogens is 2. The predicted molar refractivity (Wildman–Crippen MR) is 116 cm³/mol. The van der Waals surface area contributed by atoms with Gasteiger partial charge in [0.15, 0.2) is 0 Å². The number of amides is 2. The van der Waals surface area contributed by atoms with Crippen LogP contribution < -0.4 is 21.5 Å². The standard InChI is InChI=1S/C20H15Cl2N5O3/c21-10-4-6-12(7-5-10)24-20-26-17-16(19(30)27-20)14(9-15(28)25-17)18(29)23-13-3-1-2-11(22)8-13/h1-8,14H,9H2,(H,23,29)(H3,24,25,26,27,28,30)/t14-/m0/s1. The number of fused-ring (bicyclic) bond motifs is 1. The van der Waals surface area contributed by atoms with E-state index in [0.29, 0.717) is 21.4 Å². The van der Waals surface area contributed by atoms with E-state index in [1.807, 2.05) is 0 Å². The van der Waals surface area contributed by atoms with Crippen LogP contribution in [0.25, 0.3) is 0 Å². The summed E-state index contributed by atoms with van der Waals surface area (Å²) < 4.78 is 0. The summed E-state index contributed by atoms with van der Waals surface area (Å²) in [6.07, 6.45) is -0.173. The van der Waals surface area contributed by atoms with Crippen LogP contribution in [0.15, 0.2) is 53.3 Å². The van der Waals surface area contributed by atoms with E-state index in [1.165, 1.54) is 0 Å². The number of benzene rings is 2. The zero-order valence-electron chi connectivity index (χ0n) is 15.3. The van der Waals surface area contributed by atoms with Gasteiger partial charge in [-0.2, -0.15) is 4.98 Å². The molecule has 1 aliphatic rings. The maximum absolute atomic E-state index is 12.8. The van der Waals surface area contributed by atoms with Gasteiger partial charge in [0, 0.05) is 27.8 Å². The Hall–Kier alpha value is -3.36. The number of aromatic amines is 1. The fourth-order valence-corrected chi connectivity index (χ4v) is 3.44. The van der Waals surface area contributed by atoms with Crippen LogP contribution in [-0.2, 0) is 9.59 Å². The highest BCUT2D eigenvalue weighted by Crippen LogP contribution is 2.30. The van der Waals surface area contributed by atoms with Gasteiger partial charge in [-0.15, -0.1) is 0 Å². The molecule has 1 aromatic heterocycles. The third-order valence-electron chi connectivity index (χ3n) is 4.47. The van der Waals surface area contributed by atoms with Crippen LogP contribution >= 0.6 is 23.2 Å². The number of nitrogens with one attached hydrogen (secondary N) is 4. The monoisotopic (exact) mass is 443 g/mol. The number of rotatable bonds is 4. The number of nitrogens with zero attached hydrogens (tertiary/aromatic N) is 1. The third-order valence-corrected chi connectivity index (χ3v) is 4.95. The Morgan fingerprint density at radius 2 is 1.80 bits per heavy atom. The summed E-state index contributed by atoms with van der Waals surface area (Å²) in [7, 11) is 0. The van der Waals surface area contributed by atoms with E-state index < -0.39 is 23.3 Å². The SMILES string of the molecule is O=C1C[C@H](C(=O)Nc2cccc(Cl)c2)c2c(nc(Nc3ccc(Cl)cc3)[nH]c2=O)N1.